The maximum Gasteiger partial charge on any atom is 0.216 e. The topological polar surface area (TPSA) is 79.3 Å². The second-order valence-electron chi connectivity index (χ2n) is 4.42. The van der Waals surface area contributed by atoms with Gasteiger partial charge in [-0.25, -0.2) is 13.1 Å². The summed E-state index contributed by atoms with van der Waals surface area (Å²) in [5, 5.41) is 9.04. The van der Waals surface area contributed by atoms with E-state index in [1.54, 1.807) is 42.7 Å². The van der Waals surface area contributed by atoms with E-state index in [1.807, 2.05) is 6.07 Å². The molecule has 2 rings (SSSR count). The molecule has 0 amide bonds. The Morgan fingerprint density at radius 3 is 2.55 bits per heavy atom. The summed E-state index contributed by atoms with van der Waals surface area (Å²) in [6.07, 6.45) is 3.26. The zero-order chi connectivity index (χ0) is 14.4. The van der Waals surface area contributed by atoms with Crippen LogP contribution in [0, 0.1) is 0 Å². The zero-order valence-corrected chi connectivity index (χ0v) is 11.7. The van der Waals surface area contributed by atoms with E-state index >= 15 is 0 Å². The van der Waals surface area contributed by atoms with Crippen LogP contribution in [0.1, 0.15) is 16.7 Å². The predicted octanol–water partition coefficient (Wildman–Crippen LogP) is 1.19. The molecule has 0 aliphatic heterocycles. The molecule has 1 aromatic carbocycles. The first-order valence-corrected chi connectivity index (χ1v) is 7.79. The smallest absolute Gasteiger partial charge is 0.216 e. The van der Waals surface area contributed by atoms with Gasteiger partial charge in [-0.3, -0.25) is 4.98 Å². The molecular formula is C14H16N2O3S. The molecule has 5 nitrogen and oxygen atoms in total. The predicted molar refractivity (Wildman–Crippen MR) is 76.1 cm³/mol. The second kappa shape index (κ2) is 6.60. The van der Waals surface area contributed by atoms with Gasteiger partial charge in [0.15, 0.2) is 0 Å². The maximum absolute atomic E-state index is 12.0. The van der Waals surface area contributed by atoms with Gasteiger partial charge in [-0.05, 0) is 22.8 Å². The van der Waals surface area contributed by atoms with E-state index in [0.29, 0.717) is 11.1 Å². The van der Waals surface area contributed by atoms with Gasteiger partial charge in [0.2, 0.25) is 10.0 Å². The molecule has 0 spiro atoms. The number of rotatable bonds is 6. The van der Waals surface area contributed by atoms with Gasteiger partial charge in [0.05, 0.1) is 12.4 Å². The fraction of sp³-hybridized carbons (Fsp3) is 0.214. The SMILES string of the molecule is O=S(=O)(Cc1cccc(CO)c1)NCc1cccnc1. The number of benzene rings is 1. The number of hydrogen-bond donors (Lipinski definition) is 2. The highest BCUT2D eigenvalue weighted by Crippen LogP contribution is 2.09. The minimum atomic E-state index is -3.42. The lowest BCUT2D eigenvalue weighted by molar-refractivity contribution is 0.282. The van der Waals surface area contributed by atoms with Crippen LogP contribution >= 0.6 is 0 Å². The number of aliphatic hydroxyl groups excluding tert-OH is 1. The molecule has 0 aliphatic rings. The molecule has 1 heterocycles. The molecule has 0 radical (unpaired) electrons. The normalized spacial score (nSPS) is 11.4. The van der Waals surface area contributed by atoms with Gasteiger partial charge < -0.3 is 5.11 Å². The largest absolute Gasteiger partial charge is 0.392 e. The molecule has 6 heteroatoms. The molecule has 0 saturated heterocycles. The van der Waals surface area contributed by atoms with E-state index in [2.05, 4.69) is 9.71 Å². The Kier molecular flexibility index (Phi) is 4.84. The number of aromatic nitrogens is 1. The highest BCUT2D eigenvalue weighted by molar-refractivity contribution is 7.88. The van der Waals surface area contributed by atoms with Gasteiger partial charge in [0.1, 0.15) is 0 Å². The third-order valence-corrected chi connectivity index (χ3v) is 4.05. The molecule has 1 aromatic heterocycles. The van der Waals surface area contributed by atoms with E-state index in [0.717, 1.165) is 5.56 Å². The van der Waals surface area contributed by atoms with Crippen molar-refractivity contribution in [2.75, 3.05) is 0 Å². The van der Waals surface area contributed by atoms with Crippen molar-refractivity contribution in [1.82, 2.24) is 9.71 Å². The summed E-state index contributed by atoms with van der Waals surface area (Å²) < 4.78 is 26.5. The van der Waals surface area contributed by atoms with Gasteiger partial charge >= 0.3 is 0 Å². The number of aliphatic hydroxyl groups is 1. The van der Waals surface area contributed by atoms with Crippen molar-refractivity contribution in [3.8, 4) is 0 Å². The lowest BCUT2D eigenvalue weighted by atomic mass is 10.1. The molecule has 0 bridgehead atoms. The molecule has 20 heavy (non-hydrogen) atoms. The van der Waals surface area contributed by atoms with E-state index in [4.69, 9.17) is 5.11 Å². The molecule has 106 valence electrons. The van der Waals surface area contributed by atoms with Crippen molar-refractivity contribution in [2.45, 2.75) is 18.9 Å². The van der Waals surface area contributed by atoms with Gasteiger partial charge in [-0.2, -0.15) is 0 Å². The quantitative estimate of drug-likeness (QED) is 0.838. The van der Waals surface area contributed by atoms with Crippen molar-refractivity contribution < 1.29 is 13.5 Å². The number of hydrogen-bond acceptors (Lipinski definition) is 4. The summed E-state index contributed by atoms with van der Waals surface area (Å²) in [7, 11) is -3.42. The van der Waals surface area contributed by atoms with E-state index in [9.17, 15) is 8.42 Å². The van der Waals surface area contributed by atoms with Crippen LogP contribution in [-0.2, 0) is 28.9 Å². The zero-order valence-electron chi connectivity index (χ0n) is 10.9. The molecule has 0 aliphatic carbocycles. The summed E-state index contributed by atoms with van der Waals surface area (Å²) in [5.74, 6) is -0.110. The average Bonchev–Trinajstić information content (AvgIpc) is 2.46. The van der Waals surface area contributed by atoms with Crippen molar-refractivity contribution in [3.63, 3.8) is 0 Å². The first-order chi connectivity index (χ1) is 9.59. The summed E-state index contributed by atoms with van der Waals surface area (Å²) in [6, 6.07) is 10.5. The molecule has 0 atom stereocenters. The Labute approximate surface area is 118 Å². The molecule has 0 fully saturated rings. The summed E-state index contributed by atoms with van der Waals surface area (Å²) in [4.78, 5) is 3.93. The third kappa shape index (κ3) is 4.41. The fourth-order valence-electron chi connectivity index (χ4n) is 1.78. The summed E-state index contributed by atoms with van der Waals surface area (Å²) >= 11 is 0. The number of nitrogens with one attached hydrogen (secondary N) is 1. The monoisotopic (exact) mass is 292 g/mol. The molecular weight excluding hydrogens is 276 g/mol. The van der Waals surface area contributed by atoms with Gasteiger partial charge in [-0.1, -0.05) is 30.3 Å². The first kappa shape index (κ1) is 14.6. The average molecular weight is 292 g/mol. The fourth-order valence-corrected chi connectivity index (χ4v) is 2.89. The van der Waals surface area contributed by atoms with Gasteiger partial charge in [0, 0.05) is 18.9 Å². The Bertz CT molecular complexity index is 657. The summed E-state index contributed by atoms with van der Waals surface area (Å²) in [6.45, 7) is 0.118. The maximum atomic E-state index is 12.0. The van der Waals surface area contributed by atoms with Crippen LogP contribution in [-0.4, -0.2) is 18.5 Å². The van der Waals surface area contributed by atoms with Crippen LogP contribution in [0.25, 0.3) is 0 Å². The van der Waals surface area contributed by atoms with Crippen molar-refractivity contribution >= 4 is 10.0 Å². The number of nitrogens with zero attached hydrogens (tertiary/aromatic N) is 1. The van der Waals surface area contributed by atoms with Crippen LogP contribution < -0.4 is 4.72 Å². The second-order valence-corrected chi connectivity index (χ2v) is 6.23. The minimum absolute atomic E-state index is 0.100. The molecule has 0 saturated carbocycles. The molecule has 2 N–H and O–H groups in total. The van der Waals surface area contributed by atoms with Gasteiger partial charge in [0.25, 0.3) is 0 Å². The van der Waals surface area contributed by atoms with Crippen LogP contribution in [0.4, 0.5) is 0 Å². The molecule has 2 aromatic rings. The highest BCUT2D eigenvalue weighted by Gasteiger charge is 2.11. The van der Waals surface area contributed by atoms with Crippen LogP contribution in [0.2, 0.25) is 0 Å². The van der Waals surface area contributed by atoms with Crippen LogP contribution in [0.15, 0.2) is 48.8 Å². The van der Waals surface area contributed by atoms with Crippen LogP contribution in [0.5, 0.6) is 0 Å². The molecule has 0 unspecified atom stereocenters. The third-order valence-electron chi connectivity index (χ3n) is 2.75. The van der Waals surface area contributed by atoms with Crippen molar-refractivity contribution in [2.24, 2.45) is 0 Å². The van der Waals surface area contributed by atoms with Crippen molar-refractivity contribution in [3.05, 3.63) is 65.5 Å². The number of sulfonamides is 1. The van der Waals surface area contributed by atoms with E-state index in [1.165, 1.54) is 0 Å². The first-order valence-electron chi connectivity index (χ1n) is 6.14. The Morgan fingerprint density at radius 2 is 1.85 bits per heavy atom. The lowest BCUT2D eigenvalue weighted by Crippen LogP contribution is -2.24. The van der Waals surface area contributed by atoms with E-state index in [-0.39, 0.29) is 18.9 Å². The lowest BCUT2D eigenvalue weighted by Gasteiger charge is -2.07. The van der Waals surface area contributed by atoms with E-state index < -0.39 is 10.0 Å². The Hall–Kier alpha value is -1.76. The standard InChI is InChI=1S/C14H16N2O3S/c17-10-12-3-1-4-13(7-12)11-20(18,19)16-9-14-5-2-6-15-8-14/h1-8,16-17H,9-11H2. The Morgan fingerprint density at radius 1 is 1.10 bits per heavy atom. The number of pyridine rings is 1. The van der Waals surface area contributed by atoms with Gasteiger partial charge in [-0.15, -0.1) is 0 Å². The van der Waals surface area contributed by atoms with Crippen molar-refractivity contribution in [1.29, 1.82) is 0 Å². The highest BCUT2D eigenvalue weighted by atomic mass is 32.2. The summed E-state index contributed by atoms with van der Waals surface area (Å²) in [5.41, 5.74) is 2.15. The van der Waals surface area contributed by atoms with Crippen LogP contribution in [0.3, 0.4) is 0 Å². The minimum Gasteiger partial charge on any atom is -0.392 e. The Balaban J connectivity index is 2.00.